The number of alkyl halides is 3. The van der Waals surface area contributed by atoms with Gasteiger partial charge >= 0.3 is 6.18 Å². The quantitative estimate of drug-likeness (QED) is 0.515. The fourth-order valence-corrected chi connectivity index (χ4v) is 2.25. The smallest absolute Gasteiger partial charge is 0.412 e. The number of hydrogen-bond donors (Lipinski definition) is 1. The van der Waals surface area contributed by atoms with E-state index in [1.807, 2.05) is 17.0 Å². The molecule has 2 N–H and O–H groups in total. The van der Waals surface area contributed by atoms with Gasteiger partial charge in [0.1, 0.15) is 5.75 Å². The summed E-state index contributed by atoms with van der Waals surface area (Å²) in [5, 5.41) is 0. The van der Waals surface area contributed by atoms with Crippen molar-refractivity contribution in [1.82, 2.24) is 4.90 Å². The Labute approximate surface area is 122 Å². The minimum Gasteiger partial charge on any atom is -0.493 e. The van der Waals surface area contributed by atoms with Crippen LogP contribution in [0.5, 0.6) is 5.75 Å². The number of anilines is 1. The largest absolute Gasteiger partial charge is 0.493 e. The van der Waals surface area contributed by atoms with E-state index in [4.69, 9.17) is 10.5 Å². The normalized spacial score (nSPS) is 16.6. The Morgan fingerprint density at radius 3 is 2.71 bits per heavy atom. The Bertz CT molecular complexity index is 500. The summed E-state index contributed by atoms with van der Waals surface area (Å²) >= 11 is 0. The molecule has 1 aliphatic rings. The Morgan fingerprint density at radius 1 is 1.29 bits per heavy atom. The summed E-state index contributed by atoms with van der Waals surface area (Å²) in [6.45, 7) is 2.05. The zero-order valence-electron chi connectivity index (χ0n) is 11.7. The molecule has 1 aliphatic heterocycles. The van der Waals surface area contributed by atoms with Gasteiger partial charge in [0.25, 0.3) is 0 Å². The second kappa shape index (κ2) is 6.85. The molecule has 0 bridgehead atoms. The maximum Gasteiger partial charge on any atom is 0.412 e. The molecule has 0 saturated heterocycles. The Morgan fingerprint density at radius 2 is 2.10 bits per heavy atom. The third-order valence-corrected chi connectivity index (χ3v) is 3.40. The lowest BCUT2D eigenvalue weighted by Gasteiger charge is -2.27. The van der Waals surface area contributed by atoms with Crippen molar-refractivity contribution in [3.8, 4) is 5.75 Å². The summed E-state index contributed by atoms with van der Waals surface area (Å²) in [6, 6.07) is 7.18. The number of nitrogen functional groups attached to an aromatic ring is 1. The maximum atomic E-state index is 12.5. The molecule has 0 amide bonds. The molecule has 6 heteroatoms. The average molecular weight is 300 g/mol. The number of hydrogen-bond acceptors (Lipinski definition) is 3. The molecule has 0 atom stereocenters. The number of ether oxygens (including phenoxy) is 1. The first-order valence-electron chi connectivity index (χ1n) is 6.92. The van der Waals surface area contributed by atoms with Crippen molar-refractivity contribution in [3.05, 3.63) is 35.9 Å². The first kappa shape index (κ1) is 15.7. The van der Waals surface area contributed by atoms with Crippen LogP contribution in [-0.4, -0.2) is 37.3 Å². The molecule has 1 aromatic carbocycles. The molecular weight excluding hydrogens is 281 g/mol. The summed E-state index contributed by atoms with van der Waals surface area (Å²) in [5.41, 5.74) is 5.88. The monoisotopic (exact) mass is 300 g/mol. The topological polar surface area (TPSA) is 38.5 Å². The summed E-state index contributed by atoms with van der Waals surface area (Å²) in [5.74, 6) is 0.716. The SMILES string of the molecule is Nc1cccc(OCCCN2CC=C(C(F)(F)F)CC2)c1. The van der Waals surface area contributed by atoms with Crippen LogP contribution in [0.3, 0.4) is 0 Å². The molecule has 21 heavy (non-hydrogen) atoms. The molecule has 0 fully saturated rings. The van der Waals surface area contributed by atoms with Crippen LogP contribution in [0.4, 0.5) is 18.9 Å². The molecule has 0 saturated carbocycles. The molecule has 0 aliphatic carbocycles. The number of rotatable bonds is 5. The van der Waals surface area contributed by atoms with E-state index in [-0.39, 0.29) is 6.42 Å². The van der Waals surface area contributed by atoms with E-state index in [0.717, 1.165) is 13.0 Å². The highest BCUT2D eigenvalue weighted by Gasteiger charge is 2.34. The van der Waals surface area contributed by atoms with E-state index in [9.17, 15) is 13.2 Å². The van der Waals surface area contributed by atoms with Crippen LogP contribution >= 0.6 is 0 Å². The van der Waals surface area contributed by atoms with Gasteiger partial charge in [0, 0.05) is 37.0 Å². The highest BCUT2D eigenvalue weighted by atomic mass is 19.4. The number of nitrogens with zero attached hydrogens (tertiary/aromatic N) is 1. The van der Waals surface area contributed by atoms with Gasteiger partial charge in [-0.2, -0.15) is 13.2 Å². The Kier molecular flexibility index (Phi) is 5.12. The van der Waals surface area contributed by atoms with Crippen LogP contribution in [0.1, 0.15) is 12.8 Å². The molecule has 1 heterocycles. The van der Waals surface area contributed by atoms with Crippen LogP contribution in [0.2, 0.25) is 0 Å². The Hall–Kier alpha value is -1.69. The number of benzene rings is 1. The second-order valence-corrected chi connectivity index (χ2v) is 5.05. The standard InChI is InChI=1S/C15H19F3N2O/c16-15(17,18)12-5-8-20(9-6-12)7-2-10-21-14-4-1-3-13(19)11-14/h1,3-5,11H,2,6-10,19H2. The van der Waals surface area contributed by atoms with Crippen molar-refractivity contribution in [1.29, 1.82) is 0 Å². The highest BCUT2D eigenvalue weighted by Crippen LogP contribution is 2.30. The molecular formula is C15H19F3N2O. The first-order valence-corrected chi connectivity index (χ1v) is 6.92. The van der Waals surface area contributed by atoms with Gasteiger partial charge in [-0.25, -0.2) is 0 Å². The fraction of sp³-hybridized carbons (Fsp3) is 0.467. The van der Waals surface area contributed by atoms with Crippen LogP contribution in [-0.2, 0) is 0 Å². The van der Waals surface area contributed by atoms with Gasteiger partial charge in [0.2, 0.25) is 0 Å². The molecule has 0 aromatic heterocycles. The van der Waals surface area contributed by atoms with Gasteiger partial charge in [-0.3, -0.25) is 4.90 Å². The van der Waals surface area contributed by atoms with E-state index >= 15 is 0 Å². The first-order chi connectivity index (χ1) is 9.95. The van der Waals surface area contributed by atoms with Crippen LogP contribution in [0.15, 0.2) is 35.9 Å². The second-order valence-electron chi connectivity index (χ2n) is 5.05. The van der Waals surface area contributed by atoms with Crippen molar-refractivity contribution in [3.63, 3.8) is 0 Å². The van der Waals surface area contributed by atoms with Crippen molar-refractivity contribution in [2.45, 2.75) is 19.0 Å². The predicted molar refractivity (Wildman–Crippen MR) is 76.2 cm³/mol. The zero-order chi connectivity index (χ0) is 15.3. The molecule has 3 nitrogen and oxygen atoms in total. The maximum absolute atomic E-state index is 12.5. The molecule has 0 unspecified atom stereocenters. The van der Waals surface area contributed by atoms with Crippen LogP contribution in [0, 0.1) is 0 Å². The minimum absolute atomic E-state index is 0.0690. The Balaban J connectivity index is 1.68. The van der Waals surface area contributed by atoms with Crippen molar-refractivity contribution >= 4 is 5.69 Å². The molecule has 116 valence electrons. The van der Waals surface area contributed by atoms with E-state index < -0.39 is 11.7 Å². The van der Waals surface area contributed by atoms with Crippen molar-refractivity contribution in [2.24, 2.45) is 0 Å². The van der Waals surface area contributed by atoms with E-state index in [0.29, 0.717) is 31.1 Å². The number of halogens is 3. The lowest BCUT2D eigenvalue weighted by molar-refractivity contribution is -0.0960. The van der Waals surface area contributed by atoms with Gasteiger partial charge in [0.15, 0.2) is 0 Å². The van der Waals surface area contributed by atoms with E-state index in [1.54, 1.807) is 12.1 Å². The predicted octanol–water partition coefficient (Wildman–Crippen LogP) is 3.23. The van der Waals surface area contributed by atoms with Gasteiger partial charge in [-0.05, 0) is 25.0 Å². The van der Waals surface area contributed by atoms with E-state index in [2.05, 4.69) is 0 Å². The fourth-order valence-electron chi connectivity index (χ4n) is 2.25. The lowest BCUT2D eigenvalue weighted by atomic mass is 10.1. The summed E-state index contributed by atoms with van der Waals surface area (Å²) < 4.78 is 43.0. The summed E-state index contributed by atoms with van der Waals surface area (Å²) in [6.07, 6.45) is -2.06. The zero-order valence-corrected chi connectivity index (χ0v) is 11.7. The third-order valence-electron chi connectivity index (χ3n) is 3.40. The molecule has 2 rings (SSSR count). The van der Waals surface area contributed by atoms with Gasteiger partial charge in [-0.15, -0.1) is 0 Å². The molecule has 1 aromatic rings. The van der Waals surface area contributed by atoms with Crippen LogP contribution < -0.4 is 10.5 Å². The van der Waals surface area contributed by atoms with Crippen LogP contribution in [0.25, 0.3) is 0 Å². The lowest BCUT2D eigenvalue weighted by Crippen LogP contribution is -2.33. The summed E-state index contributed by atoms with van der Waals surface area (Å²) in [7, 11) is 0. The van der Waals surface area contributed by atoms with Crippen molar-refractivity contribution < 1.29 is 17.9 Å². The molecule has 0 radical (unpaired) electrons. The van der Waals surface area contributed by atoms with E-state index in [1.165, 1.54) is 6.08 Å². The van der Waals surface area contributed by atoms with Crippen molar-refractivity contribution in [2.75, 3.05) is 32.0 Å². The van der Waals surface area contributed by atoms with Gasteiger partial charge in [-0.1, -0.05) is 12.1 Å². The third kappa shape index (κ3) is 4.97. The molecule has 0 spiro atoms. The average Bonchev–Trinajstić information content (AvgIpc) is 2.43. The number of nitrogens with two attached hydrogens (primary N) is 1. The summed E-state index contributed by atoms with van der Waals surface area (Å²) in [4.78, 5) is 2.00. The highest BCUT2D eigenvalue weighted by molar-refractivity contribution is 5.43. The van der Waals surface area contributed by atoms with Gasteiger partial charge < -0.3 is 10.5 Å². The minimum atomic E-state index is -4.18. The van der Waals surface area contributed by atoms with Gasteiger partial charge in [0.05, 0.1) is 6.61 Å².